The fraction of sp³-hybridized carbons (Fsp3) is 0.250. The summed E-state index contributed by atoms with van der Waals surface area (Å²) in [4.78, 5) is 4.13. The molecule has 0 unspecified atom stereocenters. The monoisotopic (exact) mass is 333 g/mol. The molecule has 1 fully saturated rings. The van der Waals surface area contributed by atoms with E-state index in [1.165, 1.54) is 0 Å². The number of nitrogens with zero attached hydrogens (tertiary/aromatic N) is 3. The third-order valence-corrected chi connectivity index (χ3v) is 4.13. The molecule has 2 heterocycles. The van der Waals surface area contributed by atoms with Crippen molar-refractivity contribution in [2.45, 2.75) is 25.9 Å². The molecule has 0 aliphatic heterocycles. The van der Waals surface area contributed by atoms with Gasteiger partial charge in [-0.1, -0.05) is 23.2 Å². The Kier molecular flexibility index (Phi) is 3.24. The minimum Gasteiger partial charge on any atom is -0.488 e. The summed E-state index contributed by atoms with van der Waals surface area (Å²) in [5, 5.41) is 6.64. The van der Waals surface area contributed by atoms with Crippen LogP contribution in [0.25, 0.3) is 16.6 Å². The number of ether oxygens (including phenoxy) is 1. The van der Waals surface area contributed by atoms with Crippen LogP contribution in [0.4, 0.5) is 0 Å². The molecule has 3 aromatic rings. The maximum absolute atomic E-state index is 6.17. The summed E-state index contributed by atoms with van der Waals surface area (Å²) in [5.74, 6) is 0.782. The number of rotatable bonds is 3. The Labute approximate surface area is 137 Å². The Bertz CT molecular complexity index is 871. The van der Waals surface area contributed by atoms with Gasteiger partial charge in [0.1, 0.15) is 16.6 Å². The van der Waals surface area contributed by atoms with Crippen molar-refractivity contribution in [3.63, 3.8) is 0 Å². The number of fused-ring (bicyclic) bond motifs is 1. The first-order chi connectivity index (χ1) is 10.6. The van der Waals surface area contributed by atoms with Crippen LogP contribution in [0.15, 0.2) is 30.5 Å². The number of aryl methyl sites for hydroxylation is 1. The van der Waals surface area contributed by atoms with Gasteiger partial charge in [-0.05, 0) is 38.0 Å². The number of pyridine rings is 1. The van der Waals surface area contributed by atoms with Crippen LogP contribution in [0.1, 0.15) is 18.5 Å². The predicted molar refractivity (Wildman–Crippen MR) is 87.3 cm³/mol. The largest absolute Gasteiger partial charge is 0.488 e. The van der Waals surface area contributed by atoms with E-state index in [0.717, 1.165) is 40.9 Å². The minimum absolute atomic E-state index is 0.299. The maximum Gasteiger partial charge on any atom is 0.145 e. The van der Waals surface area contributed by atoms with E-state index >= 15 is 0 Å². The van der Waals surface area contributed by atoms with Gasteiger partial charge in [-0.15, -0.1) is 0 Å². The number of benzene rings is 1. The molecule has 0 atom stereocenters. The van der Waals surface area contributed by atoms with Gasteiger partial charge >= 0.3 is 0 Å². The number of aromatic nitrogens is 3. The van der Waals surface area contributed by atoms with E-state index in [-0.39, 0.29) is 0 Å². The summed E-state index contributed by atoms with van der Waals surface area (Å²) < 4.78 is 7.81. The topological polar surface area (TPSA) is 39.9 Å². The maximum atomic E-state index is 6.17. The van der Waals surface area contributed by atoms with E-state index in [1.807, 2.05) is 29.8 Å². The second kappa shape index (κ2) is 5.14. The summed E-state index contributed by atoms with van der Waals surface area (Å²) in [7, 11) is 0. The average molecular weight is 334 g/mol. The highest BCUT2D eigenvalue weighted by atomic mass is 35.5. The van der Waals surface area contributed by atoms with Gasteiger partial charge < -0.3 is 4.74 Å². The molecule has 1 aliphatic rings. The first-order valence-corrected chi connectivity index (χ1v) is 7.85. The zero-order valence-electron chi connectivity index (χ0n) is 11.9. The minimum atomic E-state index is 0.299. The molecule has 6 heteroatoms. The molecule has 1 aliphatic carbocycles. The Hall–Kier alpha value is -1.78. The van der Waals surface area contributed by atoms with Crippen LogP contribution in [0.2, 0.25) is 10.2 Å². The molecule has 0 radical (unpaired) electrons. The molecular weight excluding hydrogens is 321 g/mol. The summed E-state index contributed by atoms with van der Waals surface area (Å²) in [6.45, 7) is 1.94. The third-order valence-electron chi connectivity index (χ3n) is 3.68. The van der Waals surface area contributed by atoms with E-state index in [2.05, 4.69) is 10.1 Å². The van der Waals surface area contributed by atoms with Crippen molar-refractivity contribution in [3.05, 3.63) is 46.3 Å². The summed E-state index contributed by atoms with van der Waals surface area (Å²) in [6.07, 6.45) is 4.23. The zero-order chi connectivity index (χ0) is 15.3. The van der Waals surface area contributed by atoms with E-state index in [4.69, 9.17) is 27.9 Å². The fourth-order valence-corrected chi connectivity index (χ4v) is 2.76. The molecule has 4 rings (SSSR count). The van der Waals surface area contributed by atoms with E-state index in [9.17, 15) is 0 Å². The van der Waals surface area contributed by atoms with Gasteiger partial charge in [-0.2, -0.15) is 5.10 Å². The highest BCUT2D eigenvalue weighted by molar-refractivity contribution is 6.31. The lowest BCUT2D eigenvalue weighted by Gasteiger charge is -2.12. The van der Waals surface area contributed by atoms with E-state index in [1.54, 1.807) is 12.3 Å². The Morgan fingerprint density at radius 3 is 2.82 bits per heavy atom. The molecular formula is C16H13Cl2N3O. The lowest BCUT2D eigenvalue weighted by molar-refractivity contribution is 0.302. The fourth-order valence-electron chi connectivity index (χ4n) is 2.44. The lowest BCUT2D eigenvalue weighted by Crippen LogP contribution is -2.04. The molecule has 2 aromatic heterocycles. The van der Waals surface area contributed by atoms with Crippen LogP contribution in [0.3, 0.4) is 0 Å². The van der Waals surface area contributed by atoms with Gasteiger partial charge in [0.15, 0.2) is 0 Å². The van der Waals surface area contributed by atoms with Crippen LogP contribution in [-0.4, -0.2) is 20.9 Å². The second-order valence-electron chi connectivity index (χ2n) is 5.45. The Morgan fingerprint density at radius 2 is 2.05 bits per heavy atom. The van der Waals surface area contributed by atoms with Crippen LogP contribution in [-0.2, 0) is 0 Å². The molecule has 1 aromatic carbocycles. The van der Waals surface area contributed by atoms with E-state index < -0.39 is 0 Å². The van der Waals surface area contributed by atoms with Crippen LogP contribution in [0.5, 0.6) is 5.75 Å². The summed E-state index contributed by atoms with van der Waals surface area (Å²) in [6, 6.07) is 7.38. The normalized spacial score (nSPS) is 14.5. The molecule has 4 nitrogen and oxygen atoms in total. The Balaban J connectivity index is 1.94. The molecule has 112 valence electrons. The number of halogens is 2. The second-order valence-corrected chi connectivity index (χ2v) is 6.27. The van der Waals surface area contributed by atoms with Crippen molar-refractivity contribution < 1.29 is 4.74 Å². The number of hydrogen-bond donors (Lipinski definition) is 0. The molecule has 0 saturated heterocycles. The summed E-state index contributed by atoms with van der Waals surface area (Å²) >= 11 is 12.2. The van der Waals surface area contributed by atoms with Crippen molar-refractivity contribution in [2.24, 2.45) is 0 Å². The van der Waals surface area contributed by atoms with Crippen LogP contribution < -0.4 is 4.74 Å². The van der Waals surface area contributed by atoms with Gasteiger partial charge in [0, 0.05) is 22.7 Å². The first-order valence-electron chi connectivity index (χ1n) is 7.09. The SMILES string of the molecule is Cc1nn(-c2cc(Cl)ccc2OC2CC2)c2cc(Cl)ncc12. The summed E-state index contributed by atoms with van der Waals surface area (Å²) in [5.41, 5.74) is 2.59. The van der Waals surface area contributed by atoms with Gasteiger partial charge in [-0.25, -0.2) is 9.67 Å². The molecule has 0 bridgehead atoms. The molecule has 1 saturated carbocycles. The average Bonchev–Trinajstić information content (AvgIpc) is 3.25. The highest BCUT2D eigenvalue weighted by Gasteiger charge is 2.25. The van der Waals surface area contributed by atoms with Crippen LogP contribution in [0, 0.1) is 6.92 Å². The van der Waals surface area contributed by atoms with Crippen molar-refractivity contribution >= 4 is 34.1 Å². The molecule has 22 heavy (non-hydrogen) atoms. The highest BCUT2D eigenvalue weighted by Crippen LogP contribution is 2.34. The third kappa shape index (κ3) is 2.42. The molecule has 0 amide bonds. The van der Waals surface area contributed by atoms with Gasteiger partial charge in [-0.3, -0.25) is 0 Å². The molecule has 0 spiro atoms. The van der Waals surface area contributed by atoms with Gasteiger partial charge in [0.05, 0.1) is 17.3 Å². The van der Waals surface area contributed by atoms with Gasteiger partial charge in [0.25, 0.3) is 0 Å². The van der Waals surface area contributed by atoms with Crippen molar-refractivity contribution in [1.29, 1.82) is 0 Å². The van der Waals surface area contributed by atoms with Crippen molar-refractivity contribution in [2.75, 3.05) is 0 Å². The first kappa shape index (κ1) is 13.9. The van der Waals surface area contributed by atoms with Crippen molar-refractivity contribution in [3.8, 4) is 11.4 Å². The lowest BCUT2D eigenvalue weighted by atomic mass is 10.2. The zero-order valence-corrected chi connectivity index (χ0v) is 13.4. The van der Waals surface area contributed by atoms with Crippen molar-refractivity contribution in [1.82, 2.24) is 14.8 Å². The standard InChI is InChI=1S/C16H13Cl2N3O/c1-9-12-8-19-16(18)7-13(12)21(20-9)14-6-10(17)2-5-15(14)22-11-3-4-11/h2,5-8,11H,3-4H2,1H3. The molecule has 0 N–H and O–H groups in total. The quantitative estimate of drug-likeness (QED) is 0.659. The number of hydrogen-bond acceptors (Lipinski definition) is 3. The smallest absolute Gasteiger partial charge is 0.145 e. The Morgan fingerprint density at radius 1 is 1.23 bits per heavy atom. The van der Waals surface area contributed by atoms with E-state index in [0.29, 0.717) is 16.3 Å². The van der Waals surface area contributed by atoms with Gasteiger partial charge in [0.2, 0.25) is 0 Å². The predicted octanol–water partition coefficient (Wildman–Crippen LogP) is 4.58. The van der Waals surface area contributed by atoms with Crippen LogP contribution >= 0.6 is 23.2 Å².